The molecule has 5 fully saturated rings. The second-order valence-electron chi connectivity index (χ2n) is 10.4. The molecule has 6 heteroatoms. The normalized spacial score (nSPS) is 33.7. The second kappa shape index (κ2) is 9.34. The topological polar surface area (TPSA) is 45.2 Å². The maximum Gasteiger partial charge on any atom is 0.146 e. The number of anilines is 1. The van der Waals surface area contributed by atoms with E-state index in [-0.39, 0.29) is 11.4 Å². The molecule has 1 aromatic carbocycles. The monoisotopic (exact) mass is 432 g/mol. The summed E-state index contributed by atoms with van der Waals surface area (Å²) in [5, 5.41) is 10.4. The van der Waals surface area contributed by atoms with Crippen molar-refractivity contribution in [2.45, 2.75) is 50.2 Å². The maximum atomic E-state index is 14.0. The van der Waals surface area contributed by atoms with E-state index in [1.165, 1.54) is 44.6 Å². The van der Waals surface area contributed by atoms with Crippen LogP contribution in [0.25, 0.3) is 0 Å². The standard InChI is InChI=1S/C25H37FN2O3/c26-23-3-1-2-4-24(23)28-7-5-27(6-8-28)17-22(29)18-30-9-10-31-25-14-19-11-20(15-25)13-21(12-19)16-25/h1-4,19-22,29H,5-18H2/t19?,20?,21?,22-,25?/m1/s1. The number of hydrogen-bond acceptors (Lipinski definition) is 5. The van der Waals surface area contributed by atoms with Crippen LogP contribution < -0.4 is 4.90 Å². The van der Waals surface area contributed by atoms with Crippen molar-refractivity contribution in [3.63, 3.8) is 0 Å². The minimum absolute atomic E-state index is 0.134. The van der Waals surface area contributed by atoms with E-state index < -0.39 is 6.10 Å². The van der Waals surface area contributed by atoms with Gasteiger partial charge in [0.25, 0.3) is 0 Å². The Balaban J connectivity index is 0.970. The lowest BCUT2D eigenvalue weighted by molar-refractivity contribution is -0.170. The third-order valence-electron chi connectivity index (χ3n) is 7.96. The van der Waals surface area contributed by atoms with Crippen molar-refractivity contribution >= 4 is 5.69 Å². The third kappa shape index (κ3) is 5.08. The summed E-state index contributed by atoms with van der Waals surface area (Å²) in [6.07, 6.45) is 7.54. The Morgan fingerprint density at radius 3 is 2.26 bits per heavy atom. The van der Waals surface area contributed by atoms with Crippen LogP contribution in [0.5, 0.6) is 0 Å². The van der Waals surface area contributed by atoms with Gasteiger partial charge in [0.1, 0.15) is 5.82 Å². The van der Waals surface area contributed by atoms with E-state index in [1.54, 1.807) is 6.07 Å². The molecule has 1 aromatic rings. The molecule has 4 saturated carbocycles. The van der Waals surface area contributed by atoms with E-state index >= 15 is 0 Å². The lowest BCUT2D eigenvalue weighted by atomic mass is 9.54. The van der Waals surface area contributed by atoms with Crippen LogP contribution in [0.4, 0.5) is 10.1 Å². The molecule has 0 amide bonds. The van der Waals surface area contributed by atoms with Crippen LogP contribution in [-0.4, -0.2) is 74.3 Å². The predicted octanol–water partition coefficient (Wildman–Crippen LogP) is 3.31. The average Bonchev–Trinajstić information content (AvgIpc) is 2.73. The molecule has 0 aromatic heterocycles. The molecule has 0 radical (unpaired) electrons. The van der Waals surface area contributed by atoms with E-state index in [0.717, 1.165) is 43.9 Å². The van der Waals surface area contributed by atoms with Crippen LogP contribution in [-0.2, 0) is 9.47 Å². The Labute approximate surface area is 185 Å². The Bertz CT molecular complexity index is 702. The summed E-state index contributed by atoms with van der Waals surface area (Å²) < 4.78 is 26.1. The van der Waals surface area contributed by atoms with Gasteiger partial charge in [-0.3, -0.25) is 4.90 Å². The summed E-state index contributed by atoms with van der Waals surface area (Å²) in [7, 11) is 0. The van der Waals surface area contributed by atoms with Gasteiger partial charge in [0.05, 0.1) is 37.2 Å². The molecule has 6 rings (SSSR count). The number of rotatable bonds is 9. The Hall–Kier alpha value is -1.21. The first-order valence-electron chi connectivity index (χ1n) is 12.2. The first kappa shape index (κ1) is 21.6. The van der Waals surface area contributed by atoms with Crippen molar-refractivity contribution in [2.24, 2.45) is 17.8 Å². The number of nitrogens with zero attached hydrogens (tertiary/aromatic N) is 2. The maximum absolute atomic E-state index is 14.0. The molecular formula is C25H37FN2O3. The molecule has 4 aliphatic carbocycles. The molecule has 31 heavy (non-hydrogen) atoms. The highest BCUT2D eigenvalue weighted by Gasteiger charge is 2.51. The number of benzene rings is 1. The number of piperazine rings is 1. The summed E-state index contributed by atoms with van der Waals surface area (Å²) in [5.41, 5.74) is 0.805. The van der Waals surface area contributed by atoms with Crippen LogP contribution in [0.2, 0.25) is 0 Å². The van der Waals surface area contributed by atoms with Crippen molar-refractivity contribution in [3.05, 3.63) is 30.1 Å². The predicted molar refractivity (Wildman–Crippen MR) is 119 cm³/mol. The highest BCUT2D eigenvalue weighted by Crippen LogP contribution is 2.57. The molecule has 1 saturated heterocycles. The average molecular weight is 433 g/mol. The number of aliphatic hydroxyl groups is 1. The van der Waals surface area contributed by atoms with Gasteiger partial charge in [0.2, 0.25) is 0 Å². The van der Waals surface area contributed by atoms with E-state index in [2.05, 4.69) is 9.80 Å². The number of ether oxygens (including phenoxy) is 2. The van der Waals surface area contributed by atoms with Gasteiger partial charge in [-0.2, -0.15) is 0 Å². The van der Waals surface area contributed by atoms with Crippen molar-refractivity contribution in [1.29, 1.82) is 0 Å². The van der Waals surface area contributed by atoms with Crippen LogP contribution >= 0.6 is 0 Å². The molecule has 1 N–H and O–H groups in total. The van der Waals surface area contributed by atoms with E-state index in [1.807, 2.05) is 12.1 Å². The first-order valence-corrected chi connectivity index (χ1v) is 12.2. The lowest BCUT2D eigenvalue weighted by Gasteiger charge is -2.56. The summed E-state index contributed by atoms with van der Waals surface area (Å²) >= 11 is 0. The fourth-order valence-corrected chi connectivity index (χ4v) is 6.97. The number of aliphatic hydroxyl groups excluding tert-OH is 1. The Morgan fingerprint density at radius 2 is 1.61 bits per heavy atom. The van der Waals surface area contributed by atoms with Gasteiger partial charge in [0.15, 0.2) is 0 Å². The van der Waals surface area contributed by atoms with Gasteiger partial charge in [-0.15, -0.1) is 0 Å². The fourth-order valence-electron chi connectivity index (χ4n) is 6.97. The van der Waals surface area contributed by atoms with Gasteiger partial charge in [-0.1, -0.05) is 12.1 Å². The first-order chi connectivity index (χ1) is 15.1. The summed E-state index contributed by atoms with van der Waals surface area (Å²) in [4.78, 5) is 4.31. The number of halogens is 1. The molecule has 0 unspecified atom stereocenters. The largest absolute Gasteiger partial charge is 0.389 e. The highest BCUT2D eigenvalue weighted by molar-refractivity contribution is 5.47. The van der Waals surface area contributed by atoms with Gasteiger partial charge in [0, 0.05) is 32.7 Å². The zero-order valence-electron chi connectivity index (χ0n) is 18.6. The molecule has 0 spiro atoms. The molecule has 1 aliphatic heterocycles. The molecule has 5 aliphatic rings. The van der Waals surface area contributed by atoms with Gasteiger partial charge in [-0.05, 0) is 68.4 Å². The van der Waals surface area contributed by atoms with E-state index in [4.69, 9.17) is 9.47 Å². The molecule has 5 nitrogen and oxygen atoms in total. The molecule has 4 bridgehead atoms. The van der Waals surface area contributed by atoms with Crippen LogP contribution in [0.1, 0.15) is 38.5 Å². The quantitative estimate of drug-likeness (QED) is 0.607. The second-order valence-corrected chi connectivity index (χ2v) is 10.4. The van der Waals surface area contributed by atoms with Crippen molar-refractivity contribution in [3.8, 4) is 0 Å². The van der Waals surface area contributed by atoms with E-state index in [0.29, 0.717) is 32.1 Å². The lowest BCUT2D eigenvalue weighted by Crippen LogP contribution is -2.52. The van der Waals surface area contributed by atoms with Crippen LogP contribution in [0.3, 0.4) is 0 Å². The Kier molecular flexibility index (Phi) is 6.52. The van der Waals surface area contributed by atoms with Crippen molar-refractivity contribution < 1.29 is 19.0 Å². The SMILES string of the molecule is O[C@@H](COCCOC12CC3CC(CC(C3)C1)C2)CN1CCN(c2ccccc2F)CC1. The zero-order valence-corrected chi connectivity index (χ0v) is 18.6. The minimum atomic E-state index is -0.500. The smallest absolute Gasteiger partial charge is 0.146 e. The zero-order chi connectivity index (χ0) is 21.3. The van der Waals surface area contributed by atoms with Gasteiger partial charge < -0.3 is 19.5 Å². The van der Waals surface area contributed by atoms with Gasteiger partial charge in [-0.25, -0.2) is 4.39 Å². The fraction of sp³-hybridized carbons (Fsp3) is 0.760. The minimum Gasteiger partial charge on any atom is -0.389 e. The van der Waals surface area contributed by atoms with Gasteiger partial charge >= 0.3 is 0 Å². The van der Waals surface area contributed by atoms with E-state index in [9.17, 15) is 9.50 Å². The summed E-state index contributed by atoms with van der Waals surface area (Å²) in [5.74, 6) is 2.52. The summed E-state index contributed by atoms with van der Waals surface area (Å²) in [6, 6.07) is 6.94. The molecule has 172 valence electrons. The highest BCUT2D eigenvalue weighted by atomic mass is 19.1. The number of hydrogen-bond donors (Lipinski definition) is 1. The van der Waals surface area contributed by atoms with Crippen LogP contribution in [0.15, 0.2) is 24.3 Å². The molecule has 1 atom stereocenters. The summed E-state index contributed by atoms with van der Waals surface area (Å²) in [6.45, 7) is 5.32. The number of para-hydroxylation sites is 1. The van der Waals surface area contributed by atoms with Crippen molar-refractivity contribution in [1.82, 2.24) is 4.90 Å². The third-order valence-corrected chi connectivity index (χ3v) is 7.96. The van der Waals surface area contributed by atoms with Crippen LogP contribution in [0, 0.1) is 23.6 Å². The number of β-amino-alcohol motifs (C(OH)–C–C–N with tert-alkyl or cyclic N) is 1. The molecule has 1 heterocycles. The Morgan fingerprint density at radius 1 is 0.968 bits per heavy atom. The molecular weight excluding hydrogens is 395 g/mol. The van der Waals surface area contributed by atoms with Crippen molar-refractivity contribution in [2.75, 3.05) is 57.4 Å².